The maximum absolute atomic E-state index is 13.5. The van der Waals surface area contributed by atoms with Crippen LogP contribution in [0.2, 0.25) is 0 Å². The Morgan fingerprint density at radius 2 is 1.86 bits per heavy atom. The number of hydrogen-bond acceptors (Lipinski definition) is 5. The van der Waals surface area contributed by atoms with Crippen molar-refractivity contribution in [2.24, 2.45) is 0 Å². The summed E-state index contributed by atoms with van der Waals surface area (Å²) in [5.74, 6) is -0.133. The lowest BCUT2D eigenvalue weighted by Gasteiger charge is -2.26. The molecule has 0 saturated carbocycles. The van der Waals surface area contributed by atoms with E-state index in [4.69, 9.17) is 4.74 Å². The van der Waals surface area contributed by atoms with Gasteiger partial charge < -0.3 is 24.8 Å². The van der Waals surface area contributed by atoms with Crippen LogP contribution in [0.15, 0.2) is 42.5 Å². The van der Waals surface area contributed by atoms with Gasteiger partial charge in [0.05, 0.1) is 29.9 Å². The molecule has 2 amide bonds. The second-order valence-electron chi connectivity index (χ2n) is 8.54. The van der Waals surface area contributed by atoms with Gasteiger partial charge in [0.1, 0.15) is 6.61 Å². The van der Waals surface area contributed by atoms with E-state index in [1.165, 1.54) is 23.1 Å². The number of rotatable bonds is 9. The number of para-hydroxylation sites is 1. The van der Waals surface area contributed by atoms with Crippen molar-refractivity contribution in [2.45, 2.75) is 19.6 Å². The molecule has 10 heteroatoms. The Labute approximate surface area is 203 Å². The van der Waals surface area contributed by atoms with Crippen LogP contribution in [0.3, 0.4) is 0 Å². The normalized spacial score (nSPS) is 13.8. The van der Waals surface area contributed by atoms with E-state index in [1.54, 1.807) is 23.1 Å². The minimum Gasteiger partial charge on any atom is -0.489 e. The fourth-order valence-electron chi connectivity index (χ4n) is 3.87. The number of alkyl halides is 3. The lowest BCUT2D eigenvalue weighted by atomic mass is 10.1. The molecule has 190 valence electrons. The van der Waals surface area contributed by atoms with Crippen molar-refractivity contribution in [1.82, 2.24) is 14.7 Å². The minimum absolute atomic E-state index is 0.0364. The van der Waals surface area contributed by atoms with Gasteiger partial charge in [-0.3, -0.25) is 9.59 Å². The average Bonchev–Trinajstić information content (AvgIpc) is 2.98. The maximum Gasteiger partial charge on any atom is 0.416 e. The summed E-state index contributed by atoms with van der Waals surface area (Å²) in [6.07, 6.45) is -4.51. The molecule has 0 fully saturated rings. The Morgan fingerprint density at radius 1 is 1.11 bits per heavy atom. The van der Waals surface area contributed by atoms with Crippen molar-refractivity contribution in [1.29, 1.82) is 0 Å². The fraction of sp³-hybridized carbons (Fsp3) is 0.440. The van der Waals surface area contributed by atoms with Crippen molar-refractivity contribution < 1.29 is 27.5 Å². The zero-order valence-electron chi connectivity index (χ0n) is 20.2. The van der Waals surface area contributed by atoms with Crippen molar-refractivity contribution in [3.05, 3.63) is 59.2 Å². The third-order valence-electron chi connectivity index (χ3n) is 5.81. The lowest BCUT2D eigenvalue weighted by Crippen LogP contribution is -2.39. The molecule has 1 N–H and O–H groups in total. The molecule has 7 nitrogen and oxygen atoms in total. The Hall–Kier alpha value is -3.27. The molecular formula is C25H31F3N4O3. The van der Waals surface area contributed by atoms with Gasteiger partial charge in [0.15, 0.2) is 5.75 Å². The number of halogens is 3. The second kappa shape index (κ2) is 11.4. The van der Waals surface area contributed by atoms with Gasteiger partial charge in [-0.2, -0.15) is 13.2 Å². The largest absolute Gasteiger partial charge is 0.489 e. The number of nitrogens with zero attached hydrogens (tertiary/aromatic N) is 3. The van der Waals surface area contributed by atoms with Crippen LogP contribution in [-0.2, 0) is 17.5 Å². The van der Waals surface area contributed by atoms with Crippen molar-refractivity contribution in [3.8, 4) is 5.75 Å². The summed E-state index contributed by atoms with van der Waals surface area (Å²) in [6.45, 7) is 3.64. The minimum atomic E-state index is -4.51. The third kappa shape index (κ3) is 6.66. The first kappa shape index (κ1) is 26.3. The molecule has 1 aliphatic heterocycles. The summed E-state index contributed by atoms with van der Waals surface area (Å²) < 4.78 is 46.3. The Bertz CT molecular complexity index is 1040. The summed E-state index contributed by atoms with van der Waals surface area (Å²) in [4.78, 5) is 30.9. The summed E-state index contributed by atoms with van der Waals surface area (Å²) in [7, 11) is 3.66. The van der Waals surface area contributed by atoms with Crippen LogP contribution < -0.4 is 10.1 Å². The molecule has 0 atom stereocenters. The van der Waals surface area contributed by atoms with Gasteiger partial charge in [-0.25, -0.2) is 0 Å². The van der Waals surface area contributed by atoms with Gasteiger partial charge in [-0.1, -0.05) is 24.3 Å². The number of likely N-dealkylation sites (N-methyl/N-ethyl adjacent to an activating group) is 2. The van der Waals surface area contributed by atoms with Gasteiger partial charge in [0.25, 0.3) is 5.91 Å². The molecule has 0 saturated heterocycles. The maximum atomic E-state index is 13.5. The molecule has 0 radical (unpaired) electrons. The summed E-state index contributed by atoms with van der Waals surface area (Å²) in [6, 6.07) is 10.4. The third-order valence-corrected chi connectivity index (χ3v) is 5.81. The number of benzene rings is 2. The molecule has 2 aromatic carbocycles. The van der Waals surface area contributed by atoms with Gasteiger partial charge in [0, 0.05) is 26.2 Å². The van der Waals surface area contributed by atoms with Crippen molar-refractivity contribution in [2.75, 3.05) is 58.7 Å². The molecule has 35 heavy (non-hydrogen) atoms. The van der Waals surface area contributed by atoms with Gasteiger partial charge >= 0.3 is 6.18 Å². The topological polar surface area (TPSA) is 65.1 Å². The van der Waals surface area contributed by atoms with Crippen LogP contribution in [0, 0.1) is 0 Å². The van der Waals surface area contributed by atoms with E-state index < -0.39 is 11.7 Å². The van der Waals surface area contributed by atoms with Gasteiger partial charge in [-0.15, -0.1) is 0 Å². The average molecular weight is 493 g/mol. The zero-order chi connectivity index (χ0) is 25.6. The second-order valence-corrected chi connectivity index (χ2v) is 8.54. The van der Waals surface area contributed by atoms with E-state index in [-0.39, 0.29) is 37.0 Å². The Morgan fingerprint density at radius 3 is 2.54 bits per heavy atom. The Kier molecular flexibility index (Phi) is 8.61. The molecule has 0 aromatic heterocycles. The fourth-order valence-corrected chi connectivity index (χ4v) is 3.87. The number of ether oxygens (including phenoxy) is 1. The van der Waals surface area contributed by atoms with E-state index in [2.05, 4.69) is 5.32 Å². The summed E-state index contributed by atoms with van der Waals surface area (Å²) in [5, 5.41) is 3.03. The first-order valence-corrected chi connectivity index (χ1v) is 11.5. The summed E-state index contributed by atoms with van der Waals surface area (Å²) >= 11 is 0. The van der Waals surface area contributed by atoms with Gasteiger partial charge in [0.2, 0.25) is 5.91 Å². The number of anilines is 1. The SMILES string of the molecule is CCN1CCOc2c(NCC(=O)N(CCN(C)C)Cc3ccccc3C(F)(F)F)cccc2C1=O. The van der Waals surface area contributed by atoms with E-state index in [0.717, 1.165) is 6.07 Å². The smallest absolute Gasteiger partial charge is 0.416 e. The number of hydrogen-bond donors (Lipinski definition) is 1. The predicted molar refractivity (Wildman–Crippen MR) is 127 cm³/mol. The highest BCUT2D eigenvalue weighted by atomic mass is 19.4. The van der Waals surface area contributed by atoms with E-state index in [1.807, 2.05) is 25.9 Å². The number of fused-ring (bicyclic) bond motifs is 1. The van der Waals surface area contributed by atoms with Crippen molar-refractivity contribution in [3.63, 3.8) is 0 Å². The van der Waals surface area contributed by atoms with Crippen LogP contribution in [0.4, 0.5) is 18.9 Å². The highest BCUT2D eigenvalue weighted by Crippen LogP contribution is 2.33. The zero-order valence-corrected chi connectivity index (χ0v) is 20.2. The Balaban J connectivity index is 1.79. The predicted octanol–water partition coefficient (Wildman–Crippen LogP) is 3.56. The van der Waals surface area contributed by atoms with Crippen LogP contribution in [0.1, 0.15) is 28.4 Å². The molecule has 0 bridgehead atoms. The molecule has 0 aliphatic carbocycles. The summed E-state index contributed by atoms with van der Waals surface area (Å²) in [5.41, 5.74) is 0.182. The standard InChI is InChI=1S/C25H31F3N4O3/c1-4-31-14-15-35-23-19(24(31)34)9-7-11-21(23)29-16-22(33)32(13-12-30(2)3)17-18-8-5-6-10-20(18)25(26,27)28/h5-11,29H,4,12-17H2,1-3H3. The number of carbonyl (C=O) groups excluding carboxylic acids is 2. The number of carbonyl (C=O) groups is 2. The first-order chi connectivity index (χ1) is 16.6. The van der Waals surface area contributed by atoms with E-state index in [9.17, 15) is 22.8 Å². The molecule has 2 aromatic rings. The molecule has 1 heterocycles. The molecule has 1 aliphatic rings. The van der Waals surface area contributed by atoms with Crippen LogP contribution in [-0.4, -0.2) is 79.9 Å². The number of amides is 2. The highest BCUT2D eigenvalue weighted by molar-refractivity contribution is 5.99. The highest BCUT2D eigenvalue weighted by Gasteiger charge is 2.33. The van der Waals surface area contributed by atoms with Crippen molar-refractivity contribution >= 4 is 17.5 Å². The van der Waals surface area contributed by atoms with Crippen LogP contribution in [0.25, 0.3) is 0 Å². The number of nitrogens with one attached hydrogen (secondary N) is 1. The molecular weight excluding hydrogens is 461 g/mol. The lowest BCUT2D eigenvalue weighted by molar-refractivity contribution is -0.139. The molecule has 3 rings (SSSR count). The first-order valence-electron chi connectivity index (χ1n) is 11.5. The quantitative estimate of drug-likeness (QED) is 0.580. The monoisotopic (exact) mass is 492 g/mol. The van der Waals surface area contributed by atoms with Crippen LogP contribution >= 0.6 is 0 Å². The molecule has 0 spiro atoms. The van der Waals surface area contributed by atoms with Crippen LogP contribution in [0.5, 0.6) is 5.75 Å². The molecule has 0 unspecified atom stereocenters. The van der Waals surface area contributed by atoms with E-state index in [0.29, 0.717) is 43.2 Å². The van der Waals surface area contributed by atoms with E-state index >= 15 is 0 Å². The van der Waals surface area contributed by atoms with Gasteiger partial charge in [-0.05, 0) is 44.8 Å².